The van der Waals surface area contributed by atoms with E-state index in [2.05, 4.69) is 42.0 Å². The minimum absolute atomic E-state index is 0.0557. The van der Waals surface area contributed by atoms with Crippen molar-refractivity contribution < 1.29 is 40.9 Å². The van der Waals surface area contributed by atoms with Crippen molar-refractivity contribution in [2.45, 2.75) is 85.7 Å². The van der Waals surface area contributed by atoms with Crippen molar-refractivity contribution in [3.05, 3.63) is 77.9 Å². The lowest BCUT2D eigenvalue weighted by atomic mass is 10.1. The fraction of sp³-hybridized carbons (Fsp3) is 0.459. The summed E-state index contributed by atoms with van der Waals surface area (Å²) < 4.78 is 56.9. The first-order valence-corrected chi connectivity index (χ1v) is 17.6. The molecule has 2 rings (SSSR count). The second-order valence-corrected chi connectivity index (χ2v) is 11.7. The summed E-state index contributed by atoms with van der Waals surface area (Å²) in [4.78, 5) is 20.1. The fourth-order valence-electron chi connectivity index (χ4n) is 3.31. The van der Waals surface area contributed by atoms with E-state index in [9.17, 15) is 27.1 Å². The number of carbonyl (C=O) groups is 2. The Hall–Kier alpha value is -3.40. The van der Waals surface area contributed by atoms with E-state index in [-0.39, 0.29) is 11.4 Å². The Morgan fingerprint density at radius 1 is 0.875 bits per heavy atom. The van der Waals surface area contributed by atoms with Crippen LogP contribution in [0.3, 0.4) is 0 Å². The number of ether oxygens (including phenoxy) is 1. The number of terminal acetylenes is 1. The van der Waals surface area contributed by atoms with Gasteiger partial charge in [-0.2, -0.15) is 0 Å². The molecule has 0 spiro atoms. The second-order valence-electron chi connectivity index (χ2n) is 9.32. The number of hydrogen-bond donors (Lipinski definition) is 0. The van der Waals surface area contributed by atoms with E-state index < -0.39 is 15.1 Å². The third kappa shape index (κ3) is 34.0. The summed E-state index contributed by atoms with van der Waals surface area (Å²) in [5.74, 6) is 7.78. The quantitative estimate of drug-likeness (QED) is 0.0462. The van der Waals surface area contributed by atoms with Crippen molar-refractivity contribution in [2.75, 3.05) is 26.4 Å². The van der Waals surface area contributed by atoms with Gasteiger partial charge in [-0.25, -0.2) is 0 Å². The van der Waals surface area contributed by atoms with Crippen molar-refractivity contribution in [1.29, 1.82) is 0 Å². The highest BCUT2D eigenvalue weighted by Crippen LogP contribution is 2.60. The van der Waals surface area contributed by atoms with Gasteiger partial charge in [-0.1, -0.05) is 78.7 Å². The molecule has 0 saturated carbocycles. The Morgan fingerprint density at radius 3 is 1.79 bits per heavy atom. The fourth-order valence-corrected chi connectivity index (χ4v) is 5.08. The number of ketones is 1. The number of unbranched alkanes of at least 4 members (excludes halogenated alkanes) is 4. The first-order valence-electron chi connectivity index (χ1n) is 16.0. The van der Waals surface area contributed by atoms with Crippen LogP contribution in [0.5, 0.6) is 0 Å². The number of allylic oxidation sites excluding steroid dienone is 1. The van der Waals surface area contributed by atoms with Crippen molar-refractivity contribution in [1.82, 2.24) is 0 Å². The summed E-state index contributed by atoms with van der Waals surface area (Å²) in [6.07, 6.45) is 15.0. The summed E-state index contributed by atoms with van der Waals surface area (Å²) in [6.45, 7) is 13.5. The highest BCUT2D eigenvalue weighted by atomic mass is 31.2. The minimum atomic E-state index is -3.67. The molecule has 6 nitrogen and oxygen atoms in total. The SMILES string of the molecule is C#CCCCC=O.CC(=O)C#CCCC/C=C/c1ccccc1.CCOCC.CCOP(=O)(OCC)C(C)c1ccccc1.FB(F)F. The maximum Gasteiger partial charge on any atom is 0.762 e. The number of rotatable bonds is 15. The molecule has 0 bridgehead atoms. The first-order chi connectivity index (χ1) is 23.0. The molecule has 2 aromatic carbocycles. The molecular formula is C37H53BF3O6P. The molecule has 2 aromatic rings. The summed E-state index contributed by atoms with van der Waals surface area (Å²) >= 11 is 0. The van der Waals surface area contributed by atoms with Gasteiger partial charge in [0.05, 0.1) is 18.9 Å². The molecule has 11 heteroatoms. The van der Waals surface area contributed by atoms with Crippen LogP contribution in [0.15, 0.2) is 66.7 Å². The van der Waals surface area contributed by atoms with Crippen LogP contribution in [0.4, 0.5) is 12.9 Å². The molecule has 0 N–H and O–H groups in total. The zero-order valence-corrected chi connectivity index (χ0v) is 30.2. The van der Waals surface area contributed by atoms with E-state index in [1.54, 1.807) is 0 Å². The molecule has 0 amide bonds. The molecule has 1 unspecified atom stereocenters. The summed E-state index contributed by atoms with van der Waals surface area (Å²) in [5, 5.41) is 0. The topological polar surface area (TPSA) is 78.9 Å². The normalized spacial score (nSPS) is 10.3. The van der Waals surface area contributed by atoms with Gasteiger partial charge in [0, 0.05) is 39.4 Å². The first kappa shape index (κ1) is 49.0. The monoisotopic (exact) mass is 692 g/mol. The Bertz CT molecular complexity index is 1200. The van der Waals surface area contributed by atoms with Gasteiger partial charge in [0.15, 0.2) is 0 Å². The highest BCUT2D eigenvalue weighted by molar-refractivity contribution is 7.54. The molecule has 0 aliphatic carbocycles. The van der Waals surface area contributed by atoms with E-state index in [0.29, 0.717) is 19.6 Å². The van der Waals surface area contributed by atoms with Gasteiger partial charge in [-0.05, 0) is 70.9 Å². The highest BCUT2D eigenvalue weighted by Gasteiger charge is 2.32. The Labute approximate surface area is 288 Å². The molecule has 0 saturated heterocycles. The molecule has 48 heavy (non-hydrogen) atoms. The molecule has 0 aliphatic rings. The smallest absolute Gasteiger partial charge is 0.382 e. The van der Waals surface area contributed by atoms with Gasteiger partial charge in [-0.15, -0.1) is 12.3 Å². The lowest BCUT2D eigenvalue weighted by molar-refractivity contribution is -0.112. The third-order valence-electron chi connectivity index (χ3n) is 5.47. The predicted octanol–water partition coefficient (Wildman–Crippen LogP) is 10.4. The van der Waals surface area contributed by atoms with Gasteiger partial charge in [0.1, 0.15) is 6.29 Å². The Morgan fingerprint density at radius 2 is 1.38 bits per heavy atom. The maximum atomic E-state index is 12.5. The lowest BCUT2D eigenvalue weighted by Crippen LogP contribution is -2.03. The van der Waals surface area contributed by atoms with Crippen LogP contribution in [0.25, 0.3) is 6.08 Å². The van der Waals surface area contributed by atoms with E-state index in [1.807, 2.05) is 83.1 Å². The average Bonchev–Trinajstić information content (AvgIpc) is 3.06. The van der Waals surface area contributed by atoms with Crippen LogP contribution < -0.4 is 0 Å². The van der Waals surface area contributed by atoms with Crippen LogP contribution in [-0.2, 0) is 27.9 Å². The van der Waals surface area contributed by atoms with E-state index in [4.69, 9.17) is 20.2 Å². The Kier molecular flexibility index (Phi) is 37.2. The Balaban J connectivity index is -0.000000588. The zero-order valence-electron chi connectivity index (χ0n) is 29.3. The van der Waals surface area contributed by atoms with Crippen molar-refractivity contribution in [2.24, 2.45) is 0 Å². The van der Waals surface area contributed by atoms with Gasteiger partial charge < -0.3 is 18.6 Å². The van der Waals surface area contributed by atoms with Crippen LogP contribution in [0, 0.1) is 24.2 Å². The number of Topliss-reactive ketones (excluding diaryl/α,β-unsaturated/α-hetero) is 1. The van der Waals surface area contributed by atoms with Gasteiger partial charge in [0.25, 0.3) is 0 Å². The van der Waals surface area contributed by atoms with Crippen LogP contribution >= 0.6 is 7.60 Å². The van der Waals surface area contributed by atoms with Crippen molar-refractivity contribution >= 4 is 33.3 Å². The van der Waals surface area contributed by atoms with Gasteiger partial charge in [0.2, 0.25) is 5.78 Å². The number of benzene rings is 2. The minimum Gasteiger partial charge on any atom is -0.382 e. The van der Waals surface area contributed by atoms with E-state index >= 15 is 0 Å². The summed E-state index contributed by atoms with van der Waals surface area (Å²) in [6, 6.07) is 19.9. The average molecular weight is 693 g/mol. The summed E-state index contributed by atoms with van der Waals surface area (Å²) in [7, 11) is -6.70. The van der Waals surface area contributed by atoms with Crippen molar-refractivity contribution in [3.63, 3.8) is 0 Å². The van der Waals surface area contributed by atoms with Gasteiger partial charge >= 0.3 is 15.1 Å². The largest absolute Gasteiger partial charge is 0.762 e. The molecular weight excluding hydrogens is 639 g/mol. The van der Waals surface area contributed by atoms with Crippen LogP contribution in [0.1, 0.15) is 96.9 Å². The van der Waals surface area contributed by atoms with E-state index in [0.717, 1.165) is 57.2 Å². The van der Waals surface area contributed by atoms with Crippen molar-refractivity contribution in [3.8, 4) is 24.2 Å². The van der Waals surface area contributed by atoms with Crippen LogP contribution in [0.2, 0.25) is 0 Å². The maximum absolute atomic E-state index is 12.5. The number of aldehydes is 1. The summed E-state index contributed by atoms with van der Waals surface area (Å²) in [5.41, 5.74) is 1.97. The number of hydrogen-bond acceptors (Lipinski definition) is 6. The number of carbonyl (C=O) groups excluding carboxylic acids is 2. The van der Waals surface area contributed by atoms with Crippen LogP contribution in [-0.4, -0.2) is 46.0 Å². The van der Waals surface area contributed by atoms with E-state index in [1.165, 1.54) is 12.5 Å². The molecule has 0 aliphatic heterocycles. The lowest BCUT2D eigenvalue weighted by Gasteiger charge is -2.23. The standard InChI is InChI=1S/C15H16O.C12H19O3P.C6H8O.C4H10O.BF3/c1-14(16)10-6-3-2-4-7-11-15-12-8-5-9-13-15;1-4-14-16(13,15-5-2)11(3)12-9-7-6-8-10-12;1-2-3-4-5-6-7;1-3-5-4-2;2-1(3)4/h5,7-9,11-13H,2-4H2,1H3;6-11H,4-5H2,1-3H3;1,6H,3-5H2;3-4H2,1-2H3;/b11-7+;;;;. The molecule has 1 atom stereocenters. The second kappa shape index (κ2) is 36.4. The third-order valence-corrected chi connectivity index (χ3v) is 7.96. The number of halogens is 3. The van der Waals surface area contributed by atoms with Gasteiger partial charge in [-0.3, -0.25) is 22.3 Å². The molecule has 266 valence electrons. The molecule has 0 heterocycles. The molecule has 0 aromatic heterocycles. The molecule has 0 fully saturated rings. The predicted molar refractivity (Wildman–Crippen MR) is 193 cm³/mol. The molecule has 0 radical (unpaired) electrons. The zero-order chi connectivity index (χ0) is 36.9.